The number of benzene rings is 2. The lowest BCUT2D eigenvalue weighted by atomic mass is 9.75. The zero-order chi connectivity index (χ0) is 32.8. The predicted molar refractivity (Wildman–Crippen MR) is 174 cm³/mol. The van der Waals surface area contributed by atoms with Crippen molar-refractivity contribution >= 4 is 6.09 Å². The van der Waals surface area contributed by atoms with Gasteiger partial charge in [-0.25, -0.2) is 4.79 Å². The Morgan fingerprint density at radius 3 is 2.38 bits per heavy atom. The fraction of sp³-hybridized carbons (Fsp3) is 0.639. The third-order valence-electron chi connectivity index (χ3n) is 9.70. The lowest BCUT2D eigenvalue weighted by Crippen LogP contribution is -2.57. The van der Waals surface area contributed by atoms with E-state index in [2.05, 4.69) is 45.7 Å². The Kier molecular flexibility index (Phi) is 9.53. The molecular formula is C36H52N2O7. The lowest BCUT2D eigenvalue weighted by molar-refractivity contribution is -0.0249. The molecule has 3 heterocycles. The van der Waals surface area contributed by atoms with Gasteiger partial charge < -0.3 is 28.8 Å². The van der Waals surface area contributed by atoms with Gasteiger partial charge >= 0.3 is 6.09 Å². The lowest BCUT2D eigenvalue weighted by Gasteiger charge is -2.52. The minimum Gasteiger partial charge on any atom is -0.496 e. The highest BCUT2D eigenvalue weighted by Gasteiger charge is 2.50. The number of aryl methyl sites for hydroxylation is 1. The molecule has 248 valence electrons. The van der Waals surface area contributed by atoms with Crippen LogP contribution >= 0.6 is 0 Å². The highest BCUT2D eigenvalue weighted by Crippen LogP contribution is 2.56. The number of ether oxygens (including phenoxy) is 5. The second kappa shape index (κ2) is 12.9. The molecule has 0 aromatic heterocycles. The fourth-order valence-electron chi connectivity index (χ4n) is 7.78. The van der Waals surface area contributed by atoms with Crippen LogP contribution in [0.5, 0.6) is 23.0 Å². The summed E-state index contributed by atoms with van der Waals surface area (Å²) in [4.78, 5) is 18.6. The van der Waals surface area contributed by atoms with Crippen molar-refractivity contribution in [1.82, 2.24) is 9.80 Å². The van der Waals surface area contributed by atoms with Crippen LogP contribution in [0.15, 0.2) is 6.07 Å². The minimum absolute atomic E-state index is 0.00664. The molecule has 0 fully saturated rings. The summed E-state index contributed by atoms with van der Waals surface area (Å²) in [5.74, 6) is 3.07. The molecule has 5 rings (SSSR count). The molecule has 1 amide bonds. The molecule has 9 heteroatoms. The molecule has 0 spiro atoms. The number of amides is 1. The number of nitrogens with zero attached hydrogens (tertiary/aromatic N) is 2. The van der Waals surface area contributed by atoms with E-state index in [-0.39, 0.29) is 43.7 Å². The maximum Gasteiger partial charge on any atom is 0.411 e. The van der Waals surface area contributed by atoms with Gasteiger partial charge in [0.2, 0.25) is 6.79 Å². The van der Waals surface area contributed by atoms with E-state index in [1.165, 1.54) is 5.56 Å². The van der Waals surface area contributed by atoms with Gasteiger partial charge in [-0.1, -0.05) is 26.3 Å². The van der Waals surface area contributed by atoms with Gasteiger partial charge in [-0.05, 0) is 96.5 Å². The summed E-state index contributed by atoms with van der Waals surface area (Å²) in [5, 5.41) is 10.6. The van der Waals surface area contributed by atoms with Crippen LogP contribution in [0.3, 0.4) is 0 Å². The maximum atomic E-state index is 14.4. The molecule has 9 nitrogen and oxygen atoms in total. The van der Waals surface area contributed by atoms with Crippen LogP contribution in [0.25, 0.3) is 0 Å². The molecule has 45 heavy (non-hydrogen) atoms. The molecule has 3 aliphatic heterocycles. The number of hydrogen-bond donors (Lipinski definition) is 1. The van der Waals surface area contributed by atoms with Crippen molar-refractivity contribution in [3.05, 3.63) is 45.0 Å². The second-order valence-corrected chi connectivity index (χ2v) is 13.8. The van der Waals surface area contributed by atoms with Gasteiger partial charge in [0.25, 0.3) is 0 Å². The average Bonchev–Trinajstić information content (AvgIpc) is 3.47. The minimum atomic E-state index is -0.691. The van der Waals surface area contributed by atoms with Crippen molar-refractivity contribution in [1.29, 1.82) is 0 Å². The number of likely N-dealkylation sites (N-methyl/N-ethyl adjacent to an activating group) is 1. The van der Waals surface area contributed by atoms with E-state index >= 15 is 0 Å². The Morgan fingerprint density at radius 2 is 1.76 bits per heavy atom. The van der Waals surface area contributed by atoms with Gasteiger partial charge in [0.15, 0.2) is 11.5 Å². The van der Waals surface area contributed by atoms with E-state index in [1.807, 2.05) is 32.6 Å². The number of unbranched alkanes of at least 4 members (excludes halogenated alkanes) is 1. The summed E-state index contributed by atoms with van der Waals surface area (Å²) in [6.45, 7) is 16.9. The highest BCUT2D eigenvalue weighted by atomic mass is 16.7. The van der Waals surface area contributed by atoms with Crippen molar-refractivity contribution in [2.24, 2.45) is 0 Å². The predicted octanol–water partition coefficient (Wildman–Crippen LogP) is 6.73. The van der Waals surface area contributed by atoms with Crippen molar-refractivity contribution < 1.29 is 33.6 Å². The SMILES string of the molecule is CCCCOc1c(C)c2c(c3c1C[C@@H](C1c4c(cc(C)c(OC)c4C)CC(CO)N1C)N(C(=O)OC(C)(C)C)[C@H]3CC)OCO2. The quantitative estimate of drug-likeness (QED) is 0.324. The maximum absolute atomic E-state index is 14.4. The second-order valence-electron chi connectivity index (χ2n) is 13.8. The number of carbonyl (C=O) groups is 1. The molecule has 0 aliphatic carbocycles. The van der Waals surface area contributed by atoms with E-state index < -0.39 is 5.60 Å². The molecule has 1 N–H and O–H groups in total. The molecule has 0 radical (unpaired) electrons. The molecule has 0 saturated heterocycles. The monoisotopic (exact) mass is 624 g/mol. The number of rotatable bonds is 8. The zero-order valence-corrected chi connectivity index (χ0v) is 28.8. The van der Waals surface area contributed by atoms with Crippen LogP contribution in [-0.4, -0.2) is 72.8 Å². The molecule has 0 saturated carbocycles. The molecular weight excluding hydrogens is 572 g/mol. The molecule has 3 aliphatic rings. The van der Waals surface area contributed by atoms with Crippen molar-refractivity contribution in [3.63, 3.8) is 0 Å². The average molecular weight is 625 g/mol. The number of fused-ring (bicyclic) bond motifs is 4. The number of methoxy groups -OCH3 is 1. The first kappa shape index (κ1) is 33.2. The molecule has 2 aromatic carbocycles. The smallest absolute Gasteiger partial charge is 0.411 e. The van der Waals surface area contributed by atoms with Gasteiger partial charge in [0.1, 0.15) is 17.1 Å². The largest absolute Gasteiger partial charge is 0.496 e. The van der Waals surface area contributed by atoms with Crippen molar-refractivity contribution in [3.8, 4) is 23.0 Å². The third kappa shape index (κ3) is 5.82. The van der Waals surface area contributed by atoms with Crippen molar-refractivity contribution in [2.75, 3.05) is 34.2 Å². The molecule has 2 unspecified atom stereocenters. The fourth-order valence-corrected chi connectivity index (χ4v) is 7.78. The highest BCUT2D eigenvalue weighted by molar-refractivity contribution is 5.73. The van der Waals surface area contributed by atoms with Gasteiger partial charge in [-0.15, -0.1) is 0 Å². The van der Waals surface area contributed by atoms with Gasteiger partial charge in [-0.2, -0.15) is 0 Å². The third-order valence-corrected chi connectivity index (χ3v) is 9.70. The van der Waals surface area contributed by atoms with Crippen LogP contribution in [0.1, 0.15) is 105 Å². The Balaban J connectivity index is 1.79. The van der Waals surface area contributed by atoms with Crippen LogP contribution in [0.2, 0.25) is 0 Å². The Labute approximate surface area is 268 Å². The van der Waals surface area contributed by atoms with Crippen LogP contribution < -0.4 is 18.9 Å². The Hall–Kier alpha value is -3.17. The number of carbonyl (C=O) groups excluding carboxylic acids is 1. The summed E-state index contributed by atoms with van der Waals surface area (Å²) in [5.41, 5.74) is 6.68. The van der Waals surface area contributed by atoms with E-state index in [1.54, 1.807) is 7.11 Å². The Morgan fingerprint density at radius 1 is 1.04 bits per heavy atom. The normalized spacial score (nSPS) is 22.6. The molecule has 0 bridgehead atoms. The standard InChI is InChI=1S/C36H52N2O7/c1-11-13-14-42-32-22(5)33-34(44-19-43-33)29-25(32)17-27(38(26(29)12-2)35(40)45-36(6,7)8)30-28-21(4)31(41-10)20(3)15-23(28)16-24(18-39)37(30)9/h15,24,26-27,30,39H,11-14,16-19H2,1-10H3/t24?,26-,27-,30?/m0/s1. The van der Waals surface area contributed by atoms with E-state index in [0.29, 0.717) is 37.4 Å². The summed E-state index contributed by atoms with van der Waals surface area (Å²) < 4.78 is 30.8. The van der Waals surface area contributed by atoms with Gasteiger partial charge in [0.05, 0.1) is 38.4 Å². The first-order valence-electron chi connectivity index (χ1n) is 16.5. The van der Waals surface area contributed by atoms with E-state index in [0.717, 1.165) is 57.7 Å². The summed E-state index contributed by atoms with van der Waals surface area (Å²) in [7, 11) is 3.77. The first-order valence-corrected chi connectivity index (χ1v) is 16.5. The number of aliphatic hydroxyl groups excluding tert-OH is 1. The zero-order valence-electron chi connectivity index (χ0n) is 28.8. The Bertz CT molecular complexity index is 1430. The van der Waals surface area contributed by atoms with E-state index in [4.69, 9.17) is 23.7 Å². The van der Waals surface area contributed by atoms with Gasteiger partial charge in [0, 0.05) is 22.7 Å². The van der Waals surface area contributed by atoms with Crippen LogP contribution in [-0.2, 0) is 17.6 Å². The van der Waals surface area contributed by atoms with Gasteiger partial charge in [-0.3, -0.25) is 9.80 Å². The summed E-state index contributed by atoms with van der Waals surface area (Å²) in [6, 6.07) is 1.14. The molecule has 2 aromatic rings. The first-order chi connectivity index (χ1) is 21.4. The molecule has 4 atom stereocenters. The summed E-state index contributed by atoms with van der Waals surface area (Å²) >= 11 is 0. The number of aliphatic hydroxyl groups is 1. The van der Waals surface area contributed by atoms with E-state index in [9.17, 15) is 9.90 Å². The van der Waals surface area contributed by atoms with Crippen molar-refractivity contribution in [2.45, 2.75) is 117 Å². The van der Waals surface area contributed by atoms with Crippen LogP contribution in [0.4, 0.5) is 4.79 Å². The number of hydrogen-bond acceptors (Lipinski definition) is 8. The summed E-state index contributed by atoms with van der Waals surface area (Å²) in [6.07, 6.45) is 3.45. The van der Waals surface area contributed by atoms with Crippen LogP contribution in [0, 0.1) is 20.8 Å². The topological polar surface area (TPSA) is 89.9 Å².